The molecule has 2 aliphatic heterocycles. The molecule has 1 N–H and O–H groups in total. The summed E-state index contributed by atoms with van der Waals surface area (Å²) < 4.78 is 12.9. The molecule has 2 amide bonds. The number of anilines is 1. The molecule has 2 aliphatic rings. The van der Waals surface area contributed by atoms with Gasteiger partial charge in [-0.3, -0.25) is 23.9 Å². The first-order chi connectivity index (χ1) is 20.5. The number of carbonyl (C=O) groups is 3. The van der Waals surface area contributed by atoms with E-state index in [1.807, 2.05) is 13.8 Å². The Morgan fingerprint density at radius 3 is 2.53 bits per heavy atom. The van der Waals surface area contributed by atoms with Crippen LogP contribution in [0.15, 0.2) is 69.6 Å². The van der Waals surface area contributed by atoms with Gasteiger partial charge >= 0.3 is 5.97 Å². The van der Waals surface area contributed by atoms with Crippen molar-refractivity contribution in [3.05, 3.63) is 90.1 Å². The SMILES string of the molecule is CCOC(=O)C1=C(C)N=c2s/c(=C/[C@@H]3C(=O)NC(=S)N(c4ccc(Cl)cc4)C3=O)c(=O)n2[C@H]1c1ccccc1OC(C)C. The third-order valence-corrected chi connectivity index (χ3v) is 8.24. The van der Waals surface area contributed by atoms with Gasteiger partial charge in [-0.05, 0) is 76.3 Å². The van der Waals surface area contributed by atoms with Crippen molar-refractivity contribution in [1.82, 2.24) is 9.88 Å². The van der Waals surface area contributed by atoms with E-state index < -0.39 is 35.3 Å². The van der Waals surface area contributed by atoms with Gasteiger partial charge in [0.05, 0.1) is 34.2 Å². The number of amides is 2. The fraction of sp³-hybridized carbons (Fsp3) is 0.267. The minimum absolute atomic E-state index is 0.0834. The number of thiazole rings is 1. The number of benzene rings is 2. The predicted octanol–water partition coefficient (Wildman–Crippen LogP) is 3.25. The van der Waals surface area contributed by atoms with Crippen molar-refractivity contribution in [3.63, 3.8) is 0 Å². The number of carbonyl (C=O) groups excluding carboxylic acids is 3. The lowest BCUT2D eigenvalue weighted by Gasteiger charge is -2.31. The molecule has 3 heterocycles. The summed E-state index contributed by atoms with van der Waals surface area (Å²) in [5.41, 5.74) is 1.00. The van der Waals surface area contributed by atoms with Crippen LogP contribution < -0.4 is 29.8 Å². The maximum absolute atomic E-state index is 14.1. The van der Waals surface area contributed by atoms with E-state index in [2.05, 4.69) is 10.3 Å². The standard InChI is InChI=1S/C30H27ClN4O6S2/c1-5-40-28(39)23-16(4)32-30-35(24(23)19-8-6-7-9-21(19)41-15(2)3)27(38)22(43-30)14-20-25(36)33-29(42)34(26(20)37)18-12-10-17(31)11-13-18/h6-15,20,24H,5H2,1-4H3,(H,33,36,42)/b22-14+/t20-,24+/m1/s1. The Balaban J connectivity index is 1.67. The van der Waals surface area contributed by atoms with E-state index in [-0.39, 0.29) is 27.9 Å². The van der Waals surface area contributed by atoms with E-state index in [1.165, 1.54) is 15.5 Å². The number of allylic oxidation sites excluding steroid dienone is 1. The molecule has 10 nitrogen and oxygen atoms in total. The first-order valence-corrected chi connectivity index (χ1v) is 15.0. The number of hydrogen-bond donors (Lipinski definition) is 1. The normalized spacial score (nSPS) is 18.9. The fourth-order valence-corrected chi connectivity index (χ4v) is 6.37. The number of rotatable bonds is 7. The Morgan fingerprint density at radius 2 is 1.86 bits per heavy atom. The highest BCUT2D eigenvalue weighted by molar-refractivity contribution is 7.80. The third kappa shape index (κ3) is 5.77. The molecule has 0 saturated carbocycles. The summed E-state index contributed by atoms with van der Waals surface area (Å²) in [6.07, 6.45) is 1.13. The van der Waals surface area contributed by atoms with Crippen molar-refractivity contribution in [2.24, 2.45) is 10.9 Å². The zero-order valence-electron chi connectivity index (χ0n) is 23.6. The maximum Gasteiger partial charge on any atom is 0.338 e. The second-order valence-corrected chi connectivity index (χ2v) is 11.8. The molecule has 0 aliphatic carbocycles. The van der Waals surface area contributed by atoms with E-state index in [0.717, 1.165) is 11.3 Å². The summed E-state index contributed by atoms with van der Waals surface area (Å²) in [5, 5.41) is 2.93. The molecule has 0 bridgehead atoms. The van der Waals surface area contributed by atoms with Crippen molar-refractivity contribution < 1.29 is 23.9 Å². The van der Waals surface area contributed by atoms with Gasteiger partial charge in [-0.1, -0.05) is 41.1 Å². The van der Waals surface area contributed by atoms with Crippen LogP contribution in [0.1, 0.15) is 39.3 Å². The molecule has 1 fully saturated rings. The summed E-state index contributed by atoms with van der Waals surface area (Å²) in [4.78, 5) is 60.0. The molecule has 1 aromatic heterocycles. The molecule has 2 aromatic carbocycles. The fourth-order valence-electron chi connectivity index (χ4n) is 4.89. The van der Waals surface area contributed by atoms with Gasteiger partial charge in [0.2, 0.25) is 11.8 Å². The Morgan fingerprint density at radius 1 is 1.16 bits per heavy atom. The van der Waals surface area contributed by atoms with Crippen molar-refractivity contribution in [3.8, 4) is 5.75 Å². The van der Waals surface area contributed by atoms with Gasteiger partial charge in [0.25, 0.3) is 5.56 Å². The first-order valence-electron chi connectivity index (χ1n) is 13.4. The minimum Gasteiger partial charge on any atom is -0.491 e. The summed E-state index contributed by atoms with van der Waals surface area (Å²) in [5.74, 6) is -2.78. The van der Waals surface area contributed by atoms with Crippen LogP contribution >= 0.6 is 35.2 Å². The van der Waals surface area contributed by atoms with Crippen molar-refractivity contribution in [1.29, 1.82) is 0 Å². The van der Waals surface area contributed by atoms with Crippen LogP contribution in [0, 0.1) is 5.92 Å². The predicted molar refractivity (Wildman–Crippen MR) is 167 cm³/mol. The molecular formula is C30H27ClN4O6S2. The molecule has 2 atom stereocenters. The number of thiocarbonyl (C=S) groups is 1. The zero-order valence-corrected chi connectivity index (χ0v) is 26.0. The molecule has 0 radical (unpaired) electrons. The molecule has 43 heavy (non-hydrogen) atoms. The van der Waals surface area contributed by atoms with Crippen LogP contribution in [0.25, 0.3) is 6.08 Å². The van der Waals surface area contributed by atoms with Crippen LogP contribution in [0.2, 0.25) is 5.02 Å². The first kappa shape index (κ1) is 30.3. The van der Waals surface area contributed by atoms with Crippen LogP contribution in [0.4, 0.5) is 5.69 Å². The quantitative estimate of drug-likeness (QED) is 0.240. The van der Waals surface area contributed by atoms with E-state index in [4.69, 9.17) is 33.3 Å². The van der Waals surface area contributed by atoms with Gasteiger partial charge < -0.3 is 14.8 Å². The van der Waals surface area contributed by atoms with Crippen LogP contribution in [-0.4, -0.2) is 40.2 Å². The lowest BCUT2D eigenvalue weighted by Crippen LogP contribution is -2.58. The van der Waals surface area contributed by atoms with Crippen molar-refractivity contribution in [2.45, 2.75) is 39.8 Å². The third-order valence-electron chi connectivity index (χ3n) is 6.70. The van der Waals surface area contributed by atoms with E-state index in [0.29, 0.717) is 32.5 Å². The number of hydrogen-bond acceptors (Lipinski definition) is 9. The Kier molecular flexibility index (Phi) is 8.63. The average Bonchev–Trinajstić information content (AvgIpc) is 3.25. The number of aromatic nitrogens is 1. The highest BCUT2D eigenvalue weighted by atomic mass is 35.5. The molecular weight excluding hydrogens is 612 g/mol. The molecule has 1 saturated heterocycles. The smallest absolute Gasteiger partial charge is 0.338 e. The van der Waals surface area contributed by atoms with Gasteiger partial charge in [0.1, 0.15) is 17.7 Å². The average molecular weight is 639 g/mol. The molecule has 0 unspecified atom stereocenters. The number of nitrogens with zero attached hydrogens (tertiary/aromatic N) is 3. The molecule has 13 heteroatoms. The lowest BCUT2D eigenvalue weighted by molar-refractivity contribution is -0.139. The molecule has 222 valence electrons. The number of para-hydroxylation sites is 1. The summed E-state index contributed by atoms with van der Waals surface area (Å²) in [6.45, 7) is 7.24. The number of ether oxygens (including phenoxy) is 2. The summed E-state index contributed by atoms with van der Waals surface area (Å²) >= 11 is 12.3. The number of esters is 1. The number of nitrogens with one attached hydrogen (secondary N) is 1. The Labute approximate surface area is 260 Å². The Hall–Kier alpha value is -4.13. The topological polar surface area (TPSA) is 119 Å². The monoisotopic (exact) mass is 638 g/mol. The van der Waals surface area contributed by atoms with Gasteiger partial charge in [-0.25, -0.2) is 9.79 Å². The second kappa shape index (κ2) is 12.2. The van der Waals surface area contributed by atoms with Gasteiger partial charge in [0, 0.05) is 10.6 Å². The van der Waals surface area contributed by atoms with Gasteiger partial charge in [0.15, 0.2) is 9.91 Å². The highest BCUT2D eigenvalue weighted by Gasteiger charge is 2.39. The Bertz CT molecular complexity index is 1860. The molecule has 0 spiro atoms. The molecule has 5 rings (SSSR count). The van der Waals surface area contributed by atoms with Gasteiger partial charge in [-0.2, -0.15) is 0 Å². The van der Waals surface area contributed by atoms with Crippen molar-refractivity contribution in [2.75, 3.05) is 11.5 Å². The lowest BCUT2D eigenvalue weighted by atomic mass is 9.95. The second-order valence-electron chi connectivity index (χ2n) is 9.95. The largest absolute Gasteiger partial charge is 0.491 e. The molecule has 3 aromatic rings. The van der Waals surface area contributed by atoms with Crippen LogP contribution in [0.3, 0.4) is 0 Å². The van der Waals surface area contributed by atoms with E-state index in [1.54, 1.807) is 62.4 Å². The zero-order chi connectivity index (χ0) is 31.0. The summed E-state index contributed by atoms with van der Waals surface area (Å²) in [6, 6.07) is 12.6. The number of halogens is 1. The van der Waals surface area contributed by atoms with Crippen LogP contribution in [-0.2, 0) is 19.1 Å². The van der Waals surface area contributed by atoms with Crippen LogP contribution in [0.5, 0.6) is 5.75 Å². The van der Waals surface area contributed by atoms with E-state index >= 15 is 0 Å². The van der Waals surface area contributed by atoms with E-state index in [9.17, 15) is 19.2 Å². The number of fused-ring (bicyclic) bond motifs is 1. The summed E-state index contributed by atoms with van der Waals surface area (Å²) in [7, 11) is 0. The highest BCUT2D eigenvalue weighted by Crippen LogP contribution is 2.36. The van der Waals surface area contributed by atoms with Gasteiger partial charge in [-0.15, -0.1) is 0 Å². The minimum atomic E-state index is -1.36. The van der Waals surface area contributed by atoms with Crippen molar-refractivity contribution >= 4 is 69.8 Å². The maximum atomic E-state index is 14.1.